The summed E-state index contributed by atoms with van der Waals surface area (Å²) in [5.41, 5.74) is 4.19. The minimum absolute atomic E-state index is 0.0224. The molecule has 0 aliphatic carbocycles. The van der Waals surface area contributed by atoms with Crippen LogP contribution in [0, 0.1) is 12.8 Å². The normalized spacial score (nSPS) is 11.9. The van der Waals surface area contributed by atoms with Gasteiger partial charge in [-0.05, 0) is 54.8 Å². The van der Waals surface area contributed by atoms with E-state index >= 15 is 0 Å². The first-order valence-corrected chi connectivity index (χ1v) is 11.9. The molecule has 0 spiro atoms. The molecule has 8 heteroatoms. The molecule has 8 nitrogen and oxygen atoms in total. The van der Waals surface area contributed by atoms with Crippen LogP contribution in [0.3, 0.4) is 0 Å². The Morgan fingerprint density at radius 3 is 2.36 bits per heavy atom. The molecular weight excluding hydrogens is 454 g/mol. The highest BCUT2D eigenvalue weighted by atomic mass is 16.5. The molecule has 0 fully saturated rings. The second kappa shape index (κ2) is 11.0. The highest BCUT2D eigenvalue weighted by Crippen LogP contribution is 2.21. The van der Waals surface area contributed by atoms with Crippen molar-refractivity contribution < 1.29 is 14.3 Å². The van der Waals surface area contributed by atoms with E-state index in [1.807, 2.05) is 69.3 Å². The van der Waals surface area contributed by atoms with Gasteiger partial charge < -0.3 is 15.0 Å². The highest BCUT2D eigenvalue weighted by molar-refractivity contribution is 5.97. The van der Waals surface area contributed by atoms with Crippen LogP contribution in [-0.2, 0) is 22.7 Å². The Hall–Kier alpha value is -4.20. The molecule has 1 unspecified atom stereocenters. The molecule has 36 heavy (non-hydrogen) atoms. The van der Waals surface area contributed by atoms with Gasteiger partial charge in [-0.15, -0.1) is 5.10 Å². The summed E-state index contributed by atoms with van der Waals surface area (Å²) in [6.45, 7) is 6.18. The molecule has 2 amide bonds. The van der Waals surface area contributed by atoms with Crippen molar-refractivity contribution in [3.05, 3.63) is 83.9 Å². The van der Waals surface area contributed by atoms with Gasteiger partial charge in [0.2, 0.25) is 11.8 Å². The average Bonchev–Trinajstić information content (AvgIpc) is 3.28. The quantitative estimate of drug-likeness (QED) is 0.379. The van der Waals surface area contributed by atoms with Gasteiger partial charge in [-0.25, -0.2) is 4.68 Å². The van der Waals surface area contributed by atoms with Crippen LogP contribution in [0.25, 0.3) is 11.0 Å². The number of methoxy groups -OCH3 is 1. The van der Waals surface area contributed by atoms with Gasteiger partial charge in [-0.2, -0.15) is 0 Å². The van der Waals surface area contributed by atoms with E-state index in [0.717, 1.165) is 16.6 Å². The SMILES string of the molecule is COc1ccc(NC(=O)C(C(C)C)N(Cc2ccc(C)cc2)C(=O)Cn2nnc3ccccc32)cc1. The van der Waals surface area contributed by atoms with Crippen molar-refractivity contribution in [1.82, 2.24) is 19.9 Å². The van der Waals surface area contributed by atoms with Crippen molar-refractivity contribution in [1.29, 1.82) is 0 Å². The van der Waals surface area contributed by atoms with Gasteiger partial charge in [0.1, 0.15) is 23.9 Å². The van der Waals surface area contributed by atoms with Crippen molar-refractivity contribution in [3.63, 3.8) is 0 Å². The Kier molecular flexibility index (Phi) is 7.63. The fraction of sp³-hybridized carbons (Fsp3) is 0.286. The Bertz CT molecular complexity index is 1330. The molecule has 1 aromatic heterocycles. The number of rotatable bonds is 9. The van der Waals surface area contributed by atoms with E-state index in [9.17, 15) is 9.59 Å². The van der Waals surface area contributed by atoms with E-state index in [-0.39, 0.29) is 24.3 Å². The summed E-state index contributed by atoms with van der Waals surface area (Å²) in [5, 5.41) is 11.3. The van der Waals surface area contributed by atoms with Crippen LogP contribution >= 0.6 is 0 Å². The molecule has 0 saturated carbocycles. The zero-order valence-electron chi connectivity index (χ0n) is 21.0. The molecular formula is C28H31N5O3. The van der Waals surface area contributed by atoms with Crippen LogP contribution < -0.4 is 10.1 Å². The topological polar surface area (TPSA) is 89.4 Å². The number of anilines is 1. The number of para-hydroxylation sites is 1. The Balaban J connectivity index is 1.63. The minimum atomic E-state index is -0.698. The van der Waals surface area contributed by atoms with E-state index in [1.165, 1.54) is 0 Å². The molecule has 1 heterocycles. The fourth-order valence-electron chi connectivity index (χ4n) is 4.18. The molecule has 0 radical (unpaired) electrons. The largest absolute Gasteiger partial charge is 0.497 e. The zero-order valence-corrected chi connectivity index (χ0v) is 21.0. The van der Waals surface area contributed by atoms with Crippen LogP contribution in [0.5, 0.6) is 5.75 Å². The lowest BCUT2D eigenvalue weighted by Gasteiger charge is -2.33. The van der Waals surface area contributed by atoms with E-state index in [1.54, 1.807) is 41.0 Å². The van der Waals surface area contributed by atoms with Crippen molar-refractivity contribution in [2.24, 2.45) is 5.92 Å². The van der Waals surface area contributed by atoms with E-state index in [4.69, 9.17) is 4.74 Å². The Labute approximate surface area is 210 Å². The maximum absolute atomic E-state index is 13.8. The lowest BCUT2D eigenvalue weighted by atomic mass is 9.99. The van der Waals surface area contributed by atoms with Crippen LogP contribution in [0.4, 0.5) is 5.69 Å². The van der Waals surface area contributed by atoms with E-state index < -0.39 is 6.04 Å². The summed E-state index contributed by atoms with van der Waals surface area (Å²) >= 11 is 0. The van der Waals surface area contributed by atoms with Gasteiger partial charge in [-0.1, -0.05) is 61.0 Å². The average molecular weight is 486 g/mol. The predicted octanol–water partition coefficient (Wildman–Crippen LogP) is 4.44. The number of aryl methyl sites for hydroxylation is 1. The smallest absolute Gasteiger partial charge is 0.247 e. The first-order chi connectivity index (χ1) is 17.4. The maximum atomic E-state index is 13.8. The summed E-state index contributed by atoms with van der Waals surface area (Å²) in [6, 6.07) is 21.9. The number of carbonyl (C=O) groups is 2. The lowest BCUT2D eigenvalue weighted by Crippen LogP contribution is -2.50. The third-order valence-electron chi connectivity index (χ3n) is 6.09. The Morgan fingerprint density at radius 2 is 1.69 bits per heavy atom. The number of nitrogens with one attached hydrogen (secondary N) is 1. The number of ether oxygens (including phenoxy) is 1. The van der Waals surface area contributed by atoms with Crippen LogP contribution in [0.1, 0.15) is 25.0 Å². The van der Waals surface area contributed by atoms with E-state index in [2.05, 4.69) is 15.6 Å². The molecule has 0 aliphatic heterocycles. The third-order valence-corrected chi connectivity index (χ3v) is 6.09. The van der Waals surface area contributed by atoms with Crippen LogP contribution in [0.2, 0.25) is 0 Å². The Morgan fingerprint density at radius 1 is 1.00 bits per heavy atom. The van der Waals surface area contributed by atoms with Gasteiger partial charge in [-0.3, -0.25) is 9.59 Å². The number of amides is 2. The zero-order chi connectivity index (χ0) is 25.7. The number of hydrogen-bond donors (Lipinski definition) is 1. The second-order valence-corrected chi connectivity index (χ2v) is 9.15. The van der Waals surface area contributed by atoms with Gasteiger partial charge in [0.05, 0.1) is 12.6 Å². The molecule has 0 bridgehead atoms. The molecule has 4 aromatic rings. The lowest BCUT2D eigenvalue weighted by molar-refractivity contribution is -0.141. The number of benzene rings is 3. The third kappa shape index (κ3) is 5.71. The highest BCUT2D eigenvalue weighted by Gasteiger charge is 2.33. The molecule has 0 saturated heterocycles. The molecule has 3 aromatic carbocycles. The summed E-state index contributed by atoms with van der Waals surface area (Å²) in [5.74, 6) is 0.101. The first kappa shape index (κ1) is 24.9. The van der Waals surface area contributed by atoms with Crippen molar-refractivity contribution >= 4 is 28.5 Å². The van der Waals surface area contributed by atoms with Gasteiger partial charge in [0.25, 0.3) is 0 Å². The second-order valence-electron chi connectivity index (χ2n) is 9.15. The predicted molar refractivity (Wildman–Crippen MR) is 140 cm³/mol. The van der Waals surface area contributed by atoms with Crippen molar-refractivity contribution in [3.8, 4) is 5.75 Å². The molecule has 0 aliphatic rings. The minimum Gasteiger partial charge on any atom is -0.497 e. The number of aromatic nitrogens is 3. The first-order valence-electron chi connectivity index (χ1n) is 11.9. The molecule has 186 valence electrons. The summed E-state index contributed by atoms with van der Waals surface area (Å²) in [6.07, 6.45) is 0. The summed E-state index contributed by atoms with van der Waals surface area (Å²) < 4.78 is 6.79. The summed E-state index contributed by atoms with van der Waals surface area (Å²) in [7, 11) is 1.59. The van der Waals surface area contributed by atoms with Gasteiger partial charge >= 0.3 is 0 Å². The van der Waals surface area contributed by atoms with Crippen LogP contribution in [-0.4, -0.2) is 44.9 Å². The summed E-state index contributed by atoms with van der Waals surface area (Å²) in [4.78, 5) is 28.9. The van der Waals surface area contributed by atoms with Crippen LogP contribution in [0.15, 0.2) is 72.8 Å². The molecule has 1 atom stereocenters. The van der Waals surface area contributed by atoms with Crippen molar-refractivity contribution in [2.75, 3.05) is 12.4 Å². The number of nitrogens with zero attached hydrogens (tertiary/aromatic N) is 4. The van der Waals surface area contributed by atoms with E-state index in [0.29, 0.717) is 23.5 Å². The molecule has 4 rings (SSSR count). The van der Waals surface area contributed by atoms with Gasteiger partial charge in [0, 0.05) is 12.2 Å². The number of hydrogen-bond acceptors (Lipinski definition) is 5. The number of fused-ring (bicyclic) bond motifs is 1. The van der Waals surface area contributed by atoms with Crippen molar-refractivity contribution in [2.45, 2.75) is 39.9 Å². The standard InChI is InChI=1S/C28H31N5O3/c1-19(2)27(28(35)29-22-13-15-23(36-4)16-14-22)32(17-21-11-9-20(3)10-12-21)26(34)18-33-25-8-6-5-7-24(25)30-31-33/h5-16,19,27H,17-18H2,1-4H3,(H,29,35). The maximum Gasteiger partial charge on any atom is 0.247 e. The molecule has 1 N–H and O–H groups in total. The number of carbonyl (C=O) groups excluding carboxylic acids is 2. The monoisotopic (exact) mass is 485 g/mol. The fourth-order valence-corrected chi connectivity index (χ4v) is 4.18. The van der Waals surface area contributed by atoms with Gasteiger partial charge in [0.15, 0.2) is 0 Å².